The van der Waals surface area contributed by atoms with Crippen molar-refractivity contribution in [2.24, 2.45) is 17.6 Å². The molecule has 0 saturated carbocycles. The molecule has 0 aliphatic rings. The molecule has 0 spiro atoms. The maximum atomic E-state index is 12.2. The van der Waals surface area contributed by atoms with Crippen molar-refractivity contribution in [3.8, 4) is 5.75 Å². The third kappa shape index (κ3) is 6.28. The van der Waals surface area contributed by atoms with Gasteiger partial charge in [-0.1, -0.05) is 27.7 Å². The summed E-state index contributed by atoms with van der Waals surface area (Å²) in [6.07, 6.45) is -1.11. The Morgan fingerprint density at radius 1 is 1.08 bits per heavy atom. The van der Waals surface area contributed by atoms with E-state index < -0.39 is 24.0 Å². The fourth-order valence-corrected chi connectivity index (χ4v) is 1.82. The number of rotatable bonds is 7. The summed E-state index contributed by atoms with van der Waals surface area (Å²) in [5.74, 6) is -0.689. The van der Waals surface area contributed by atoms with Crippen molar-refractivity contribution in [3.63, 3.8) is 0 Å². The predicted octanol–water partition coefficient (Wildman–Crippen LogP) is 2.10. The van der Waals surface area contributed by atoms with Crippen LogP contribution in [0.25, 0.3) is 0 Å². The molecule has 132 valence electrons. The van der Waals surface area contributed by atoms with Crippen LogP contribution in [-0.4, -0.2) is 30.6 Å². The number of carbonyl (C=O) groups excluding carboxylic acids is 3. The number of imide groups is 1. The number of benzene rings is 1. The first-order chi connectivity index (χ1) is 11.2. The Kier molecular flexibility index (Phi) is 7.23. The van der Waals surface area contributed by atoms with Gasteiger partial charge >= 0.3 is 12.0 Å². The molecule has 0 saturated heterocycles. The molecule has 0 aliphatic carbocycles. The van der Waals surface area contributed by atoms with Crippen LogP contribution in [0.2, 0.25) is 0 Å². The van der Waals surface area contributed by atoms with Gasteiger partial charge in [-0.15, -0.1) is 0 Å². The predicted molar refractivity (Wildman–Crippen MR) is 88.5 cm³/mol. The zero-order valence-electron chi connectivity index (χ0n) is 14.4. The van der Waals surface area contributed by atoms with Crippen LogP contribution in [0.3, 0.4) is 0 Å². The van der Waals surface area contributed by atoms with E-state index in [1.165, 1.54) is 0 Å². The molecular formula is C17H24N2O5. The van der Waals surface area contributed by atoms with Crippen LogP contribution < -0.4 is 15.8 Å². The Hall–Kier alpha value is -2.57. The molecule has 0 aromatic heterocycles. The fourth-order valence-electron chi connectivity index (χ4n) is 1.82. The Labute approximate surface area is 141 Å². The number of urea groups is 1. The summed E-state index contributed by atoms with van der Waals surface area (Å²) < 4.78 is 10.7. The van der Waals surface area contributed by atoms with Crippen LogP contribution >= 0.6 is 0 Å². The quantitative estimate of drug-likeness (QED) is 0.741. The molecule has 1 rings (SSSR count). The maximum Gasteiger partial charge on any atom is 0.338 e. The number of esters is 1. The Bertz CT molecular complexity index is 581. The molecule has 0 heterocycles. The minimum Gasteiger partial charge on any atom is -0.493 e. The van der Waals surface area contributed by atoms with E-state index in [1.807, 2.05) is 19.2 Å². The Morgan fingerprint density at radius 2 is 1.67 bits per heavy atom. The van der Waals surface area contributed by atoms with Crippen LogP contribution in [0, 0.1) is 11.8 Å². The molecule has 0 aliphatic heterocycles. The summed E-state index contributed by atoms with van der Waals surface area (Å²) in [6, 6.07) is 5.44. The number of nitrogens with one attached hydrogen (secondary N) is 1. The third-order valence-corrected chi connectivity index (χ3v) is 3.02. The monoisotopic (exact) mass is 336 g/mol. The van der Waals surface area contributed by atoms with E-state index in [9.17, 15) is 14.4 Å². The van der Waals surface area contributed by atoms with Crippen LogP contribution in [0.1, 0.15) is 38.1 Å². The Morgan fingerprint density at radius 3 is 2.12 bits per heavy atom. The highest BCUT2D eigenvalue weighted by molar-refractivity contribution is 5.98. The smallest absolute Gasteiger partial charge is 0.338 e. The number of ether oxygens (including phenoxy) is 2. The Balaban J connectivity index is 2.73. The highest BCUT2D eigenvalue weighted by Gasteiger charge is 2.27. The van der Waals surface area contributed by atoms with E-state index in [0.717, 1.165) is 0 Å². The number of hydrogen-bond acceptors (Lipinski definition) is 5. The molecule has 1 aromatic rings. The molecule has 0 radical (unpaired) electrons. The van der Waals surface area contributed by atoms with Crippen LogP contribution in [0.5, 0.6) is 5.75 Å². The molecule has 7 heteroatoms. The fraction of sp³-hybridized carbons (Fsp3) is 0.471. The minimum atomic E-state index is -1.11. The minimum absolute atomic E-state index is 0.282. The molecule has 24 heavy (non-hydrogen) atoms. The van der Waals surface area contributed by atoms with Crippen molar-refractivity contribution >= 4 is 17.9 Å². The van der Waals surface area contributed by atoms with Gasteiger partial charge in [0.05, 0.1) is 12.2 Å². The number of hydrogen-bond donors (Lipinski definition) is 2. The van der Waals surface area contributed by atoms with Crippen molar-refractivity contribution < 1.29 is 23.9 Å². The molecule has 0 bridgehead atoms. The zero-order chi connectivity index (χ0) is 18.3. The van der Waals surface area contributed by atoms with Gasteiger partial charge in [-0.05, 0) is 36.1 Å². The standard InChI is InChI=1S/C17H24N2O5/c1-10(2)9-23-13-7-5-12(6-8-13)16(21)24-14(11(3)4)15(20)19-17(18)22/h5-8,10-11,14H,9H2,1-4H3,(H3,18,19,20,22)/t14-/m1/s1. The molecule has 3 amide bonds. The molecular weight excluding hydrogens is 312 g/mol. The molecule has 1 aromatic carbocycles. The lowest BCUT2D eigenvalue weighted by molar-refractivity contribution is -0.130. The summed E-state index contributed by atoms with van der Waals surface area (Å²) in [5, 5.41) is 1.92. The second kappa shape index (κ2) is 8.90. The SMILES string of the molecule is CC(C)COc1ccc(C(=O)O[C@@H](C(=O)NC(N)=O)C(C)C)cc1. The molecule has 1 atom stereocenters. The number of nitrogens with two attached hydrogens (primary N) is 1. The second-order valence-electron chi connectivity index (χ2n) is 6.15. The van der Waals surface area contributed by atoms with Gasteiger partial charge < -0.3 is 15.2 Å². The van der Waals surface area contributed by atoms with E-state index in [1.54, 1.807) is 38.1 Å². The average molecular weight is 336 g/mol. The third-order valence-electron chi connectivity index (χ3n) is 3.02. The lowest BCUT2D eigenvalue weighted by Gasteiger charge is -2.19. The van der Waals surface area contributed by atoms with Crippen LogP contribution in [-0.2, 0) is 9.53 Å². The summed E-state index contributed by atoms with van der Waals surface area (Å²) >= 11 is 0. The van der Waals surface area contributed by atoms with Crippen LogP contribution in [0.15, 0.2) is 24.3 Å². The van der Waals surface area contributed by atoms with E-state index in [4.69, 9.17) is 15.2 Å². The van der Waals surface area contributed by atoms with Crippen molar-refractivity contribution in [2.75, 3.05) is 6.61 Å². The summed E-state index contributed by atoms with van der Waals surface area (Å²) in [4.78, 5) is 34.8. The van der Waals surface area contributed by atoms with Crippen molar-refractivity contribution in [1.82, 2.24) is 5.32 Å². The highest BCUT2D eigenvalue weighted by atomic mass is 16.5. The van der Waals surface area contributed by atoms with E-state index >= 15 is 0 Å². The highest BCUT2D eigenvalue weighted by Crippen LogP contribution is 2.16. The first-order valence-electron chi connectivity index (χ1n) is 7.74. The lowest BCUT2D eigenvalue weighted by atomic mass is 10.1. The first-order valence-corrected chi connectivity index (χ1v) is 7.74. The second-order valence-corrected chi connectivity index (χ2v) is 6.15. The van der Waals surface area contributed by atoms with Gasteiger partial charge in [0.15, 0.2) is 6.10 Å². The van der Waals surface area contributed by atoms with Gasteiger partial charge in [-0.2, -0.15) is 0 Å². The van der Waals surface area contributed by atoms with Gasteiger partial charge in [-0.25, -0.2) is 9.59 Å². The molecule has 0 fully saturated rings. The summed E-state index contributed by atoms with van der Waals surface area (Å²) in [7, 11) is 0. The van der Waals surface area contributed by atoms with Gasteiger partial charge in [0.25, 0.3) is 5.91 Å². The average Bonchev–Trinajstić information content (AvgIpc) is 2.49. The first kappa shape index (κ1) is 19.5. The molecule has 3 N–H and O–H groups in total. The number of amides is 3. The van der Waals surface area contributed by atoms with Gasteiger partial charge in [0, 0.05) is 0 Å². The molecule has 7 nitrogen and oxygen atoms in total. The number of carbonyl (C=O) groups is 3. The molecule has 0 unspecified atom stereocenters. The zero-order valence-corrected chi connectivity index (χ0v) is 14.4. The maximum absolute atomic E-state index is 12.2. The van der Waals surface area contributed by atoms with Gasteiger partial charge in [0.1, 0.15) is 5.75 Å². The van der Waals surface area contributed by atoms with E-state index in [2.05, 4.69) is 0 Å². The number of primary amides is 1. The van der Waals surface area contributed by atoms with Gasteiger partial charge in [-0.3, -0.25) is 10.1 Å². The van der Waals surface area contributed by atoms with Crippen molar-refractivity contribution in [2.45, 2.75) is 33.8 Å². The van der Waals surface area contributed by atoms with Crippen molar-refractivity contribution in [3.05, 3.63) is 29.8 Å². The van der Waals surface area contributed by atoms with Gasteiger partial charge in [0.2, 0.25) is 0 Å². The van der Waals surface area contributed by atoms with Crippen LogP contribution in [0.4, 0.5) is 4.79 Å². The van der Waals surface area contributed by atoms with E-state index in [-0.39, 0.29) is 11.5 Å². The van der Waals surface area contributed by atoms with E-state index in [0.29, 0.717) is 18.3 Å². The largest absolute Gasteiger partial charge is 0.493 e. The normalized spacial score (nSPS) is 11.9. The summed E-state index contributed by atoms with van der Waals surface area (Å²) in [6.45, 7) is 8.04. The lowest BCUT2D eigenvalue weighted by Crippen LogP contribution is -2.45. The van der Waals surface area contributed by atoms with Crippen molar-refractivity contribution in [1.29, 1.82) is 0 Å². The summed E-state index contributed by atoms with van der Waals surface area (Å²) in [5.41, 5.74) is 5.20. The topological polar surface area (TPSA) is 108 Å².